The average Bonchev–Trinajstić information content (AvgIpc) is 3.13. The molecule has 2 rings (SSSR count). The molecule has 1 aliphatic heterocycles. The van der Waals surface area contributed by atoms with Crippen LogP contribution in [0.1, 0.15) is 58.8 Å². The molecule has 1 unspecified atom stereocenters. The first-order chi connectivity index (χ1) is 12.9. The Balaban J connectivity index is 0.00000392. The van der Waals surface area contributed by atoms with Crippen molar-refractivity contribution in [2.24, 2.45) is 4.99 Å². The molecule has 1 atom stereocenters. The monoisotopic (exact) mass is 506 g/mol. The zero-order chi connectivity index (χ0) is 19.7. The molecule has 0 aromatic carbocycles. The van der Waals surface area contributed by atoms with Crippen molar-refractivity contribution in [2.75, 3.05) is 32.7 Å². The number of aliphatic imine (C=N–C) groups is 1. The summed E-state index contributed by atoms with van der Waals surface area (Å²) in [6.45, 7) is 11.1. The molecule has 1 saturated heterocycles. The third-order valence-electron chi connectivity index (χ3n) is 4.30. The summed E-state index contributed by atoms with van der Waals surface area (Å²) >= 11 is 0. The van der Waals surface area contributed by atoms with E-state index in [-0.39, 0.29) is 42.5 Å². The van der Waals surface area contributed by atoms with E-state index in [4.69, 9.17) is 9.15 Å². The summed E-state index contributed by atoms with van der Waals surface area (Å²) in [6.07, 6.45) is 5.43. The van der Waals surface area contributed by atoms with E-state index in [1.165, 1.54) is 19.3 Å². The van der Waals surface area contributed by atoms with Crippen molar-refractivity contribution >= 4 is 35.9 Å². The van der Waals surface area contributed by atoms with E-state index in [9.17, 15) is 4.79 Å². The van der Waals surface area contributed by atoms with E-state index in [1.807, 2.05) is 39.8 Å². The van der Waals surface area contributed by atoms with E-state index in [2.05, 4.69) is 20.5 Å². The van der Waals surface area contributed by atoms with Crippen molar-refractivity contribution in [3.63, 3.8) is 0 Å². The van der Waals surface area contributed by atoms with Gasteiger partial charge in [0.2, 0.25) is 0 Å². The van der Waals surface area contributed by atoms with Crippen molar-refractivity contribution in [1.82, 2.24) is 15.5 Å². The zero-order valence-corrected chi connectivity index (χ0v) is 19.8. The minimum Gasteiger partial charge on any atom is -0.468 e. The summed E-state index contributed by atoms with van der Waals surface area (Å²) in [7, 11) is 0. The van der Waals surface area contributed by atoms with Gasteiger partial charge in [0, 0.05) is 13.1 Å². The summed E-state index contributed by atoms with van der Waals surface area (Å²) in [5, 5.41) is 6.54. The minimum absolute atomic E-state index is 0. The van der Waals surface area contributed by atoms with Crippen LogP contribution < -0.4 is 10.6 Å². The zero-order valence-electron chi connectivity index (χ0n) is 17.5. The normalized spacial score (nSPS) is 16.8. The van der Waals surface area contributed by atoms with E-state index < -0.39 is 5.60 Å². The fourth-order valence-electron chi connectivity index (χ4n) is 3.17. The highest BCUT2D eigenvalue weighted by Crippen LogP contribution is 2.24. The number of halogens is 1. The summed E-state index contributed by atoms with van der Waals surface area (Å²) in [5.74, 6) is 1.22. The van der Waals surface area contributed by atoms with Gasteiger partial charge < -0.3 is 19.8 Å². The van der Waals surface area contributed by atoms with Crippen LogP contribution >= 0.6 is 24.0 Å². The highest BCUT2D eigenvalue weighted by atomic mass is 127. The number of likely N-dealkylation sites (tertiary alicyclic amines) is 1. The topological polar surface area (TPSA) is 79.1 Å². The number of nitrogens with one attached hydrogen (secondary N) is 2. The molecule has 0 radical (unpaired) electrons. The van der Waals surface area contributed by atoms with Gasteiger partial charge in [-0.25, -0.2) is 4.99 Å². The molecule has 2 heterocycles. The van der Waals surface area contributed by atoms with Crippen LogP contribution in [0.4, 0.5) is 0 Å². The second-order valence-electron chi connectivity index (χ2n) is 7.79. The largest absolute Gasteiger partial charge is 0.468 e. The van der Waals surface area contributed by atoms with Crippen LogP contribution in [-0.2, 0) is 9.53 Å². The third kappa shape index (κ3) is 8.81. The summed E-state index contributed by atoms with van der Waals surface area (Å²) in [4.78, 5) is 18.7. The van der Waals surface area contributed by atoms with Gasteiger partial charge in [-0.2, -0.15) is 0 Å². The van der Waals surface area contributed by atoms with E-state index in [1.54, 1.807) is 6.26 Å². The molecular formula is C20H35IN4O3. The molecule has 1 fully saturated rings. The Labute approximate surface area is 185 Å². The van der Waals surface area contributed by atoms with Gasteiger partial charge in [-0.15, -0.1) is 24.0 Å². The Morgan fingerprint density at radius 3 is 2.57 bits per heavy atom. The second kappa shape index (κ2) is 12.3. The number of carbonyl (C=O) groups is 1. The third-order valence-corrected chi connectivity index (χ3v) is 4.30. The average molecular weight is 506 g/mol. The van der Waals surface area contributed by atoms with Crippen LogP contribution in [0.15, 0.2) is 27.8 Å². The van der Waals surface area contributed by atoms with Crippen LogP contribution in [0.3, 0.4) is 0 Å². The number of guanidine groups is 1. The van der Waals surface area contributed by atoms with Crippen molar-refractivity contribution < 1.29 is 13.9 Å². The molecule has 0 amide bonds. The smallest absolute Gasteiger partial charge is 0.328 e. The maximum absolute atomic E-state index is 11.9. The standard InChI is InChI=1S/C20H34N4O3.HI/c1-5-21-19(23-15-18(25)27-20(2,3)4)22-14-16(17-10-9-13-26-17)24-11-7-6-8-12-24;/h9-10,13,16H,5-8,11-12,14-15H2,1-4H3,(H2,21,22,23);1H. The first kappa shape index (κ1) is 24.7. The Bertz CT molecular complexity index is 593. The molecule has 2 N–H and O–H groups in total. The molecule has 7 nitrogen and oxygen atoms in total. The van der Waals surface area contributed by atoms with Gasteiger partial charge in [-0.05, 0) is 65.8 Å². The Kier molecular flexibility index (Phi) is 10.9. The number of ether oxygens (including phenoxy) is 1. The molecule has 1 aromatic heterocycles. The maximum Gasteiger partial charge on any atom is 0.328 e. The van der Waals surface area contributed by atoms with Crippen LogP contribution in [0, 0.1) is 0 Å². The first-order valence-corrected chi connectivity index (χ1v) is 9.90. The number of furan rings is 1. The lowest BCUT2D eigenvalue weighted by molar-refractivity contribution is -0.152. The van der Waals surface area contributed by atoms with E-state index >= 15 is 0 Å². The molecule has 0 spiro atoms. The number of hydrogen-bond donors (Lipinski definition) is 2. The minimum atomic E-state index is -0.503. The highest BCUT2D eigenvalue weighted by molar-refractivity contribution is 14.0. The van der Waals surface area contributed by atoms with Gasteiger partial charge >= 0.3 is 5.97 Å². The molecule has 1 aromatic rings. The maximum atomic E-state index is 11.9. The molecule has 0 bridgehead atoms. The lowest BCUT2D eigenvalue weighted by Gasteiger charge is -2.33. The molecule has 1 aliphatic rings. The SMILES string of the molecule is CCNC(=NCC(=O)OC(C)(C)C)NCC(c1ccco1)N1CCCCC1.I. The van der Waals surface area contributed by atoms with Gasteiger partial charge in [0.25, 0.3) is 0 Å². The van der Waals surface area contributed by atoms with Crippen LogP contribution in [-0.4, -0.2) is 55.2 Å². The van der Waals surface area contributed by atoms with E-state index in [0.29, 0.717) is 12.5 Å². The Morgan fingerprint density at radius 2 is 2.00 bits per heavy atom. The van der Waals surface area contributed by atoms with Crippen molar-refractivity contribution in [2.45, 2.75) is 58.6 Å². The lowest BCUT2D eigenvalue weighted by atomic mass is 10.1. The van der Waals surface area contributed by atoms with Gasteiger partial charge in [0.05, 0.1) is 12.3 Å². The summed E-state index contributed by atoms with van der Waals surface area (Å²) in [6, 6.07) is 4.09. The van der Waals surface area contributed by atoms with Gasteiger partial charge in [-0.1, -0.05) is 6.42 Å². The molecule has 28 heavy (non-hydrogen) atoms. The summed E-state index contributed by atoms with van der Waals surface area (Å²) in [5.41, 5.74) is -0.503. The van der Waals surface area contributed by atoms with Crippen LogP contribution in [0.2, 0.25) is 0 Å². The van der Waals surface area contributed by atoms with Crippen molar-refractivity contribution in [3.05, 3.63) is 24.2 Å². The first-order valence-electron chi connectivity index (χ1n) is 9.90. The van der Waals surface area contributed by atoms with Gasteiger partial charge in [-0.3, -0.25) is 9.69 Å². The van der Waals surface area contributed by atoms with Crippen molar-refractivity contribution in [1.29, 1.82) is 0 Å². The molecular weight excluding hydrogens is 471 g/mol. The summed E-state index contributed by atoms with van der Waals surface area (Å²) < 4.78 is 11.0. The molecule has 160 valence electrons. The van der Waals surface area contributed by atoms with Crippen LogP contribution in [0.25, 0.3) is 0 Å². The number of rotatable bonds is 7. The molecule has 0 saturated carbocycles. The fourth-order valence-corrected chi connectivity index (χ4v) is 3.17. The number of nitrogens with zero attached hydrogens (tertiary/aromatic N) is 2. The molecule has 0 aliphatic carbocycles. The fraction of sp³-hybridized carbons (Fsp3) is 0.700. The Morgan fingerprint density at radius 1 is 1.29 bits per heavy atom. The number of piperidine rings is 1. The van der Waals surface area contributed by atoms with Crippen molar-refractivity contribution in [3.8, 4) is 0 Å². The highest BCUT2D eigenvalue weighted by Gasteiger charge is 2.24. The van der Waals surface area contributed by atoms with Gasteiger partial charge in [0.1, 0.15) is 17.9 Å². The predicted octanol–water partition coefficient (Wildman–Crippen LogP) is 3.32. The molecule has 8 heteroatoms. The number of carbonyl (C=O) groups excluding carboxylic acids is 1. The quantitative estimate of drug-likeness (QED) is 0.256. The van der Waals surface area contributed by atoms with Gasteiger partial charge in [0.15, 0.2) is 5.96 Å². The number of esters is 1. The number of hydrogen-bond acceptors (Lipinski definition) is 5. The van der Waals surface area contributed by atoms with Crippen LogP contribution in [0.5, 0.6) is 0 Å². The lowest BCUT2D eigenvalue weighted by Crippen LogP contribution is -2.44. The Hall–Kier alpha value is -1.29. The van der Waals surface area contributed by atoms with E-state index in [0.717, 1.165) is 25.4 Å². The predicted molar refractivity (Wildman–Crippen MR) is 122 cm³/mol. The second-order valence-corrected chi connectivity index (χ2v) is 7.79.